The van der Waals surface area contributed by atoms with Gasteiger partial charge in [-0.2, -0.15) is 0 Å². The Bertz CT molecular complexity index is 617. The largest absolute Gasteiger partial charge is 0.461 e. The molecule has 5 nitrogen and oxygen atoms in total. The normalized spacial score (nSPS) is 10.5. The Morgan fingerprint density at radius 2 is 2.21 bits per heavy atom. The van der Waals surface area contributed by atoms with E-state index in [1.165, 1.54) is 0 Å². The monoisotopic (exact) mass is 259 g/mol. The first-order chi connectivity index (χ1) is 9.04. The lowest BCUT2D eigenvalue weighted by Gasteiger charge is -2.03. The van der Waals surface area contributed by atoms with E-state index >= 15 is 0 Å². The molecular formula is C14H17N3O2. The van der Waals surface area contributed by atoms with Crippen LogP contribution in [-0.4, -0.2) is 22.1 Å². The highest BCUT2D eigenvalue weighted by Crippen LogP contribution is 2.23. The van der Waals surface area contributed by atoms with E-state index in [4.69, 9.17) is 10.5 Å². The highest BCUT2D eigenvalue weighted by Gasteiger charge is 2.19. The van der Waals surface area contributed by atoms with E-state index in [2.05, 4.69) is 4.98 Å². The van der Waals surface area contributed by atoms with Gasteiger partial charge in [-0.25, -0.2) is 9.78 Å². The first kappa shape index (κ1) is 13.1. The van der Waals surface area contributed by atoms with Gasteiger partial charge in [0.25, 0.3) is 0 Å². The summed E-state index contributed by atoms with van der Waals surface area (Å²) in [6.45, 7) is 3.95. The van der Waals surface area contributed by atoms with Crippen LogP contribution in [0.2, 0.25) is 0 Å². The number of benzene rings is 1. The molecule has 0 radical (unpaired) electrons. The lowest BCUT2D eigenvalue weighted by Crippen LogP contribution is -2.07. The first-order valence-corrected chi connectivity index (χ1v) is 6.11. The number of nitrogens with zero attached hydrogens (tertiary/aromatic N) is 2. The molecule has 1 heterocycles. The smallest absolute Gasteiger partial charge is 0.358 e. The van der Waals surface area contributed by atoms with E-state index in [1.807, 2.05) is 42.8 Å². The zero-order chi connectivity index (χ0) is 14.0. The maximum absolute atomic E-state index is 11.8. The Labute approximate surface area is 112 Å². The van der Waals surface area contributed by atoms with Crippen molar-refractivity contribution in [2.75, 3.05) is 12.3 Å². The minimum atomic E-state index is -0.397. The predicted molar refractivity (Wildman–Crippen MR) is 73.7 cm³/mol. The summed E-state index contributed by atoms with van der Waals surface area (Å²) in [7, 11) is 1.86. The van der Waals surface area contributed by atoms with Crippen molar-refractivity contribution in [3.63, 3.8) is 0 Å². The van der Waals surface area contributed by atoms with Crippen LogP contribution < -0.4 is 5.73 Å². The Hall–Kier alpha value is -2.30. The molecule has 0 unspecified atom stereocenters. The fraction of sp³-hybridized carbons (Fsp3) is 0.286. The van der Waals surface area contributed by atoms with Crippen molar-refractivity contribution in [3.8, 4) is 11.4 Å². The Kier molecular flexibility index (Phi) is 3.55. The molecule has 0 aliphatic heterocycles. The number of anilines is 1. The molecule has 0 aliphatic rings. The SMILES string of the molecule is CCOC(=O)c1nc(-c2cccc(N)c2)n(C)c1C. The number of rotatable bonds is 3. The summed E-state index contributed by atoms with van der Waals surface area (Å²) in [5.41, 5.74) is 8.43. The Morgan fingerprint density at radius 1 is 1.47 bits per heavy atom. The number of nitrogens with two attached hydrogens (primary N) is 1. The lowest BCUT2D eigenvalue weighted by atomic mass is 10.2. The molecule has 5 heteroatoms. The van der Waals surface area contributed by atoms with Crippen molar-refractivity contribution in [2.45, 2.75) is 13.8 Å². The molecule has 1 aromatic heterocycles. The summed E-state index contributed by atoms with van der Waals surface area (Å²) >= 11 is 0. The van der Waals surface area contributed by atoms with E-state index in [-0.39, 0.29) is 0 Å². The van der Waals surface area contributed by atoms with Crippen molar-refractivity contribution in [1.82, 2.24) is 9.55 Å². The van der Waals surface area contributed by atoms with Gasteiger partial charge in [0.05, 0.1) is 6.61 Å². The second-order valence-corrected chi connectivity index (χ2v) is 4.27. The van der Waals surface area contributed by atoms with Gasteiger partial charge < -0.3 is 15.0 Å². The third-order valence-corrected chi connectivity index (χ3v) is 2.99. The number of hydrogen-bond donors (Lipinski definition) is 1. The van der Waals surface area contributed by atoms with Crippen LogP contribution in [0.4, 0.5) is 5.69 Å². The number of carbonyl (C=O) groups is 1. The fourth-order valence-corrected chi connectivity index (χ4v) is 1.91. The van der Waals surface area contributed by atoms with Crippen molar-refractivity contribution < 1.29 is 9.53 Å². The zero-order valence-corrected chi connectivity index (χ0v) is 11.3. The van der Waals surface area contributed by atoms with E-state index in [0.29, 0.717) is 23.8 Å². The molecule has 100 valence electrons. The summed E-state index contributed by atoms with van der Waals surface area (Å²) < 4.78 is 6.86. The predicted octanol–water partition coefficient (Wildman–Crippen LogP) is 2.15. The van der Waals surface area contributed by atoms with Gasteiger partial charge in [0, 0.05) is 24.0 Å². The number of nitrogen functional groups attached to an aromatic ring is 1. The van der Waals surface area contributed by atoms with Crippen LogP contribution in [0.25, 0.3) is 11.4 Å². The van der Waals surface area contributed by atoms with Crippen molar-refractivity contribution in [1.29, 1.82) is 0 Å². The highest BCUT2D eigenvalue weighted by molar-refractivity contribution is 5.89. The number of carbonyl (C=O) groups excluding carboxylic acids is 1. The van der Waals surface area contributed by atoms with Crippen LogP contribution in [0, 0.1) is 6.92 Å². The van der Waals surface area contributed by atoms with E-state index in [0.717, 1.165) is 11.3 Å². The maximum atomic E-state index is 11.8. The summed E-state index contributed by atoms with van der Waals surface area (Å²) in [4.78, 5) is 16.2. The van der Waals surface area contributed by atoms with Crippen molar-refractivity contribution >= 4 is 11.7 Å². The van der Waals surface area contributed by atoms with Crippen LogP contribution >= 0.6 is 0 Å². The van der Waals surface area contributed by atoms with Gasteiger partial charge in [0.1, 0.15) is 5.82 Å². The maximum Gasteiger partial charge on any atom is 0.358 e. The second kappa shape index (κ2) is 5.14. The number of ether oxygens (including phenoxy) is 1. The molecule has 2 rings (SSSR count). The van der Waals surface area contributed by atoms with Crippen LogP contribution in [-0.2, 0) is 11.8 Å². The van der Waals surface area contributed by atoms with Crippen molar-refractivity contribution in [3.05, 3.63) is 35.7 Å². The minimum Gasteiger partial charge on any atom is -0.461 e. The van der Waals surface area contributed by atoms with Gasteiger partial charge in [-0.3, -0.25) is 0 Å². The van der Waals surface area contributed by atoms with Crippen LogP contribution in [0.15, 0.2) is 24.3 Å². The van der Waals surface area contributed by atoms with Crippen molar-refractivity contribution in [2.24, 2.45) is 7.05 Å². The summed E-state index contributed by atoms with van der Waals surface area (Å²) in [6.07, 6.45) is 0. The molecule has 0 atom stereocenters. The average Bonchev–Trinajstić information content (AvgIpc) is 2.67. The molecule has 19 heavy (non-hydrogen) atoms. The van der Waals surface area contributed by atoms with Gasteiger partial charge in [-0.1, -0.05) is 12.1 Å². The summed E-state index contributed by atoms with van der Waals surface area (Å²) in [5.74, 6) is 0.304. The molecule has 0 saturated carbocycles. The molecule has 0 amide bonds. The van der Waals surface area contributed by atoms with Gasteiger partial charge in [-0.05, 0) is 26.0 Å². The first-order valence-electron chi connectivity index (χ1n) is 6.11. The number of hydrogen-bond acceptors (Lipinski definition) is 4. The van der Waals surface area contributed by atoms with Crippen LogP contribution in [0.5, 0.6) is 0 Å². The molecule has 0 fully saturated rings. The van der Waals surface area contributed by atoms with E-state index in [1.54, 1.807) is 6.92 Å². The lowest BCUT2D eigenvalue weighted by molar-refractivity contribution is 0.0519. The van der Waals surface area contributed by atoms with E-state index < -0.39 is 5.97 Å². The standard InChI is InChI=1S/C14H17N3O2/c1-4-19-14(18)12-9(2)17(3)13(16-12)10-6-5-7-11(15)8-10/h5-8H,4,15H2,1-3H3. The quantitative estimate of drug-likeness (QED) is 0.677. The topological polar surface area (TPSA) is 70.1 Å². The number of aromatic nitrogens is 2. The number of esters is 1. The fourth-order valence-electron chi connectivity index (χ4n) is 1.91. The van der Waals surface area contributed by atoms with E-state index in [9.17, 15) is 4.79 Å². The molecule has 2 N–H and O–H groups in total. The minimum absolute atomic E-state index is 0.336. The Morgan fingerprint density at radius 3 is 2.84 bits per heavy atom. The van der Waals surface area contributed by atoms with Gasteiger partial charge in [0.2, 0.25) is 0 Å². The van der Waals surface area contributed by atoms with Crippen LogP contribution in [0.1, 0.15) is 23.1 Å². The average molecular weight is 259 g/mol. The van der Waals surface area contributed by atoms with Gasteiger partial charge >= 0.3 is 5.97 Å². The van der Waals surface area contributed by atoms with Gasteiger partial charge in [-0.15, -0.1) is 0 Å². The molecule has 0 spiro atoms. The third kappa shape index (κ3) is 2.45. The molecule has 2 aromatic rings. The summed E-state index contributed by atoms with van der Waals surface area (Å²) in [5, 5.41) is 0. The second-order valence-electron chi connectivity index (χ2n) is 4.27. The van der Waals surface area contributed by atoms with Gasteiger partial charge in [0.15, 0.2) is 5.69 Å². The Balaban J connectivity index is 2.49. The molecular weight excluding hydrogens is 242 g/mol. The highest BCUT2D eigenvalue weighted by atomic mass is 16.5. The molecule has 0 bridgehead atoms. The van der Waals surface area contributed by atoms with Crippen LogP contribution in [0.3, 0.4) is 0 Å². The third-order valence-electron chi connectivity index (χ3n) is 2.99. The summed E-state index contributed by atoms with van der Waals surface area (Å²) in [6, 6.07) is 7.41. The molecule has 0 aliphatic carbocycles. The molecule has 0 saturated heterocycles. The number of imidazole rings is 1. The zero-order valence-electron chi connectivity index (χ0n) is 11.3. The molecule has 1 aromatic carbocycles.